The summed E-state index contributed by atoms with van der Waals surface area (Å²) in [6, 6.07) is 8.24. The van der Waals surface area contributed by atoms with Gasteiger partial charge in [0.15, 0.2) is 0 Å². The molecule has 0 atom stereocenters. The summed E-state index contributed by atoms with van der Waals surface area (Å²) in [7, 11) is 1.69. The van der Waals surface area contributed by atoms with E-state index in [-0.39, 0.29) is 0 Å². The molecule has 1 saturated carbocycles. The number of nitrogens with zero attached hydrogens (tertiary/aromatic N) is 2. The highest BCUT2D eigenvalue weighted by Crippen LogP contribution is 2.31. The fraction of sp³-hybridized carbons (Fsp3) is 0.533. The topological polar surface area (TPSA) is 39.6 Å². The number of rotatable bonds is 3. The van der Waals surface area contributed by atoms with Crippen LogP contribution in [0.15, 0.2) is 24.3 Å². The number of amidine groups is 1. The Morgan fingerprint density at radius 1 is 1.11 bits per heavy atom. The zero-order chi connectivity index (χ0) is 13.2. The van der Waals surface area contributed by atoms with Crippen LogP contribution in [0.4, 0.5) is 5.69 Å². The Morgan fingerprint density at radius 2 is 1.74 bits per heavy atom. The minimum absolute atomic E-state index is 0.563. The third-order valence-corrected chi connectivity index (χ3v) is 4.02. The molecule has 0 amide bonds. The van der Waals surface area contributed by atoms with Crippen molar-refractivity contribution in [2.24, 2.45) is 5.92 Å². The molecule has 0 aromatic heterocycles. The molecule has 4 nitrogen and oxygen atoms in total. The van der Waals surface area contributed by atoms with Gasteiger partial charge < -0.3 is 14.5 Å². The van der Waals surface area contributed by atoms with Crippen molar-refractivity contribution in [3.63, 3.8) is 0 Å². The second kappa shape index (κ2) is 5.11. The highest BCUT2D eigenvalue weighted by Gasteiger charge is 2.31. The summed E-state index contributed by atoms with van der Waals surface area (Å²) in [5.41, 5.74) is 1.25. The largest absolute Gasteiger partial charge is 0.497 e. The summed E-state index contributed by atoms with van der Waals surface area (Å²) in [5.74, 6) is 2.33. The summed E-state index contributed by atoms with van der Waals surface area (Å²) in [4.78, 5) is 4.63. The second-order valence-electron chi connectivity index (χ2n) is 5.33. The van der Waals surface area contributed by atoms with Gasteiger partial charge >= 0.3 is 0 Å². The van der Waals surface area contributed by atoms with Crippen molar-refractivity contribution >= 4 is 11.5 Å². The minimum atomic E-state index is 0.563. The molecule has 1 aliphatic heterocycles. The molecular formula is C15H21N3O. The van der Waals surface area contributed by atoms with E-state index in [1.165, 1.54) is 18.5 Å². The van der Waals surface area contributed by atoms with Gasteiger partial charge in [-0.2, -0.15) is 0 Å². The maximum absolute atomic E-state index is 8.11. The van der Waals surface area contributed by atoms with Crippen LogP contribution in [0, 0.1) is 11.3 Å². The van der Waals surface area contributed by atoms with E-state index >= 15 is 0 Å². The fourth-order valence-electron chi connectivity index (χ4n) is 2.61. The molecule has 0 unspecified atom stereocenters. The van der Waals surface area contributed by atoms with Crippen molar-refractivity contribution in [2.75, 3.05) is 38.2 Å². The van der Waals surface area contributed by atoms with Gasteiger partial charge in [-0.15, -0.1) is 0 Å². The highest BCUT2D eigenvalue weighted by molar-refractivity contribution is 5.84. The van der Waals surface area contributed by atoms with Crippen molar-refractivity contribution in [1.29, 1.82) is 5.41 Å². The number of benzene rings is 1. The quantitative estimate of drug-likeness (QED) is 0.668. The first-order valence-corrected chi connectivity index (χ1v) is 7.00. The predicted molar refractivity (Wildman–Crippen MR) is 77.2 cm³/mol. The first-order chi connectivity index (χ1) is 9.28. The van der Waals surface area contributed by atoms with E-state index in [4.69, 9.17) is 10.1 Å². The van der Waals surface area contributed by atoms with E-state index in [2.05, 4.69) is 21.9 Å². The molecule has 2 aliphatic rings. The molecule has 19 heavy (non-hydrogen) atoms. The van der Waals surface area contributed by atoms with E-state index in [9.17, 15) is 0 Å². The monoisotopic (exact) mass is 259 g/mol. The third-order valence-electron chi connectivity index (χ3n) is 4.02. The molecule has 4 heteroatoms. The SMILES string of the molecule is COc1ccc(N2CCN(C(=N)C3CC3)CC2)cc1. The van der Waals surface area contributed by atoms with E-state index in [1.807, 2.05) is 12.1 Å². The van der Waals surface area contributed by atoms with E-state index in [0.29, 0.717) is 5.92 Å². The Kier molecular flexibility index (Phi) is 3.32. The highest BCUT2D eigenvalue weighted by atomic mass is 16.5. The first-order valence-electron chi connectivity index (χ1n) is 7.00. The summed E-state index contributed by atoms with van der Waals surface area (Å²) in [6.45, 7) is 3.95. The molecule has 1 saturated heterocycles. The normalized spacial score (nSPS) is 19.4. The van der Waals surface area contributed by atoms with Gasteiger partial charge in [-0.3, -0.25) is 5.41 Å². The number of anilines is 1. The second-order valence-corrected chi connectivity index (χ2v) is 5.33. The van der Waals surface area contributed by atoms with Crippen LogP contribution in [0.3, 0.4) is 0 Å². The van der Waals surface area contributed by atoms with E-state index in [1.54, 1.807) is 7.11 Å². The maximum atomic E-state index is 8.11. The lowest BCUT2D eigenvalue weighted by Gasteiger charge is -2.37. The van der Waals surface area contributed by atoms with Crippen molar-refractivity contribution in [1.82, 2.24) is 4.90 Å². The average Bonchev–Trinajstić information content (AvgIpc) is 3.31. The Bertz CT molecular complexity index is 445. The maximum Gasteiger partial charge on any atom is 0.119 e. The van der Waals surface area contributed by atoms with E-state index < -0.39 is 0 Å². The smallest absolute Gasteiger partial charge is 0.119 e. The molecule has 1 aromatic carbocycles. The first kappa shape index (κ1) is 12.3. The predicted octanol–water partition coefficient (Wildman–Crippen LogP) is 2.20. The molecule has 0 radical (unpaired) electrons. The summed E-state index contributed by atoms with van der Waals surface area (Å²) in [6.07, 6.45) is 2.44. The van der Waals surface area contributed by atoms with Crippen LogP contribution in [0.2, 0.25) is 0 Å². The van der Waals surface area contributed by atoms with Crippen LogP contribution in [-0.2, 0) is 0 Å². The van der Waals surface area contributed by atoms with Gasteiger partial charge in [0.2, 0.25) is 0 Å². The third kappa shape index (κ3) is 2.67. The van der Waals surface area contributed by atoms with Crippen molar-refractivity contribution in [3.8, 4) is 5.75 Å². The van der Waals surface area contributed by atoms with Gasteiger partial charge in [0.1, 0.15) is 5.75 Å². The number of ether oxygens (including phenoxy) is 1. The molecule has 1 heterocycles. The molecule has 0 bridgehead atoms. The molecule has 0 spiro atoms. The molecule has 1 aromatic rings. The van der Waals surface area contributed by atoms with Crippen LogP contribution < -0.4 is 9.64 Å². The van der Waals surface area contributed by atoms with Crippen LogP contribution in [0.5, 0.6) is 5.75 Å². The molecule has 3 rings (SSSR count). The van der Waals surface area contributed by atoms with Crippen LogP contribution in [-0.4, -0.2) is 44.0 Å². The summed E-state index contributed by atoms with van der Waals surface area (Å²) in [5, 5.41) is 8.11. The molecule has 102 valence electrons. The standard InChI is InChI=1S/C15H21N3O/c1-19-14-6-4-13(5-7-14)17-8-10-18(11-9-17)15(16)12-2-3-12/h4-7,12,16H,2-3,8-11H2,1H3. The van der Waals surface area contributed by atoms with Gasteiger partial charge in [0.25, 0.3) is 0 Å². The minimum Gasteiger partial charge on any atom is -0.497 e. The van der Waals surface area contributed by atoms with Gasteiger partial charge in [-0.05, 0) is 37.1 Å². The number of methoxy groups -OCH3 is 1. The lowest BCUT2D eigenvalue weighted by Crippen LogP contribution is -2.49. The van der Waals surface area contributed by atoms with Crippen molar-refractivity contribution in [2.45, 2.75) is 12.8 Å². The molecule has 1 N–H and O–H groups in total. The number of nitrogens with one attached hydrogen (secondary N) is 1. The number of hydrogen-bond acceptors (Lipinski definition) is 3. The number of piperazine rings is 1. The van der Waals surface area contributed by atoms with Crippen LogP contribution in [0.25, 0.3) is 0 Å². The Labute approximate surface area is 114 Å². The molecular weight excluding hydrogens is 238 g/mol. The van der Waals surface area contributed by atoms with Gasteiger partial charge in [0, 0.05) is 37.8 Å². The number of hydrogen-bond donors (Lipinski definition) is 1. The van der Waals surface area contributed by atoms with Gasteiger partial charge in [-0.1, -0.05) is 0 Å². The lowest BCUT2D eigenvalue weighted by molar-refractivity contribution is 0.374. The van der Waals surface area contributed by atoms with Gasteiger partial charge in [-0.25, -0.2) is 0 Å². The Hall–Kier alpha value is -1.71. The summed E-state index contributed by atoms with van der Waals surface area (Å²) < 4.78 is 5.18. The average molecular weight is 259 g/mol. The van der Waals surface area contributed by atoms with Crippen LogP contribution >= 0.6 is 0 Å². The van der Waals surface area contributed by atoms with Gasteiger partial charge in [0.05, 0.1) is 12.9 Å². The summed E-state index contributed by atoms with van der Waals surface area (Å²) >= 11 is 0. The van der Waals surface area contributed by atoms with Crippen LogP contribution in [0.1, 0.15) is 12.8 Å². The van der Waals surface area contributed by atoms with Crippen molar-refractivity contribution < 1.29 is 4.74 Å². The Morgan fingerprint density at radius 3 is 2.26 bits per heavy atom. The molecule has 1 aliphatic carbocycles. The van der Waals surface area contributed by atoms with E-state index in [0.717, 1.165) is 37.8 Å². The fourth-order valence-corrected chi connectivity index (χ4v) is 2.61. The van der Waals surface area contributed by atoms with Crippen molar-refractivity contribution in [3.05, 3.63) is 24.3 Å². The zero-order valence-corrected chi connectivity index (χ0v) is 11.4. The Balaban J connectivity index is 1.58. The molecule has 2 fully saturated rings. The zero-order valence-electron chi connectivity index (χ0n) is 11.4. The lowest BCUT2D eigenvalue weighted by atomic mass is 10.2.